The molecule has 1 atom stereocenters. The summed E-state index contributed by atoms with van der Waals surface area (Å²) >= 11 is 3.37. The number of nitrogens with zero attached hydrogens (tertiary/aromatic N) is 1. The Balaban J connectivity index is 1.88. The van der Waals surface area contributed by atoms with E-state index < -0.39 is 17.4 Å². The van der Waals surface area contributed by atoms with E-state index in [0.29, 0.717) is 11.1 Å². The number of halogens is 2. The zero-order valence-corrected chi connectivity index (χ0v) is 15.3. The average molecular weight is 407 g/mol. The van der Waals surface area contributed by atoms with E-state index in [1.54, 1.807) is 31.2 Å². The highest BCUT2D eigenvalue weighted by molar-refractivity contribution is 9.10. The van der Waals surface area contributed by atoms with Gasteiger partial charge in [0.1, 0.15) is 5.54 Å². The molecule has 0 bridgehead atoms. The molecular formula is C18H16BrFN2O3. The lowest BCUT2D eigenvalue weighted by molar-refractivity contribution is -0.131. The van der Waals surface area contributed by atoms with Crippen molar-refractivity contribution in [2.45, 2.75) is 19.0 Å². The van der Waals surface area contributed by atoms with Crippen LogP contribution in [0.3, 0.4) is 0 Å². The molecule has 1 saturated heterocycles. The second-order valence-corrected chi connectivity index (χ2v) is 6.84. The summed E-state index contributed by atoms with van der Waals surface area (Å²) in [5.41, 5.74) is 0.00947. The molecule has 0 spiro atoms. The third kappa shape index (κ3) is 3.11. The van der Waals surface area contributed by atoms with Crippen LogP contribution >= 0.6 is 15.9 Å². The minimum Gasteiger partial charge on any atom is -0.494 e. The maximum Gasteiger partial charge on any atom is 0.325 e. The number of benzene rings is 2. The molecule has 0 radical (unpaired) electrons. The van der Waals surface area contributed by atoms with Crippen molar-refractivity contribution >= 4 is 27.9 Å². The van der Waals surface area contributed by atoms with Gasteiger partial charge in [-0.25, -0.2) is 9.18 Å². The summed E-state index contributed by atoms with van der Waals surface area (Å²) in [6.45, 7) is 1.64. The van der Waals surface area contributed by atoms with E-state index >= 15 is 0 Å². The number of carbonyl (C=O) groups is 2. The predicted octanol–water partition coefficient (Wildman–Crippen LogP) is 3.56. The van der Waals surface area contributed by atoms with Gasteiger partial charge >= 0.3 is 6.03 Å². The number of rotatable bonds is 4. The van der Waals surface area contributed by atoms with Crippen LogP contribution in [0.4, 0.5) is 9.18 Å². The number of hydrogen-bond donors (Lipinski definition) is 1. The summed E-state index contributed by atoms with van der Waals surface area (Å²) in [4.78, 5) is 26.3. The van der Waals surface area contributed by atoms with Crippen LogP contribution in [0.5, 0.6) is 5.75 Å². The largest absolute Gasteiger partial charge is 0.494 e. The maximum atomic E-state index is 13.8. The number of carbonyl (C=O) groups excluding carboxylic acids is 2. The molecule has 130 valence electrons. The SMILES string of the molecule is COc1ccc(CN2C(=O)NC(C)(c3cccc(Br)c3)C2=O)cc1F. The van der Waals surface area contributed by atoms with Gasteiger partial charge in [0.15, 0.2) is 11.6 Å². The van der Waals surface area contributed by atoms with Gasteiger partial charge in [-0.3, -0.25) is 9.69 Å². The normalized spacial score (nSPS) is 19.9. The van der Waals surface area contributed by atoms with E-state index in [0.717, 1.165) is 9.37 Å². The monoisotopic (exact) mass is 406 g/mol. The van der Waals surface area contributed by atoms with Crippen LogP contribution < -0.4 is 10.1 Å². The third-order valence-corrected chi connectivity index (χ3v) is 4.73. The molecule has 0 saturated carbocycles. The molecule has 5 nitrogen and oxygen atoms in total. The molecule has 1 fully saturated rings. The molecule has 0 aliphatic carbocycles. The standard InChI is InChI=1S/C18H16BrFN2O3/c1-18(12-4-3-5-13(19)9-12)16(23)22(17(24)21-18)10-11-6-7-15(25-2)14(20)8-11/h3-9H,10H2,1-2H3,(H,21,24). The molecular weight excluding hydrogens is 391 g/mol. The summed E-state index contributed by atoms with van der Waals surface area (Å²) in [7, 11) is 1.37. The van der Waals surface area contributed by atoms with Crippen LogP contribution in [0.15, 0.2) is 46.9 Å². The fourth-order valence-corrected chi connectivity index (χ4v) is 3.23. The Bertz CT molecular complexity index is 858. The zero-order valence-electron chi connectivity index (χ0n) is 13.7. The predicted molar refractivity (Wildman–Crippen MR) is 93.5 cm³/mol. The van der Waals surface area contributed by atoms with E-state index in [1.807, 2.05) is 6.07 Å². The van der Waals surface area contributed by atoms with Crippen LogP contribution in [0.2, 0.25) is 0 Å². The third-order valence-electron chi connectivity index (χ3n) is 4.23. The van der Waals surface area contributed by atoms with Crippen LogP contribution in [0, 0.1) is 5.82 Å². The molecule has 1 heterocycles. The van der Waals surface area contributed by atoms with Gasteiger partial charge in [-0.15, -0.1) is 0 Å². The smallest absolute Gasteiger partial charge is 0.325 e. The first-order chi connectivity index (χ1) is 11.8. The van der Waals surface area contributed by atoms with Crippen molar-refractivity contribution in [3.05, 3.63) is 63.9 Å². The topological polar surface area (TPSA) is 58.6 Å². The first kappa shape index (κ1) is 17.4. The van der Waals surface area contributed by atoms with Crippen LogP contribution in [0.25, 0.3) is 0 Å². The van der Waals surface area contributed by atoms with Gasteiger partial charge in [-0.05, 0) is 42.3 Å². The van der Waals surface area contributed by atoms with Crippen molar-refractivity contribution < 1.29 is 18.7 Å². The highest BCUT2D eigenvalue weighted by Gasteiger charge is 2.48. The molecule has 1 aliphatic rings. The second-order valence-electron chi connectivity index (χ2n) is 5.93. The Morgan fingerprint density at radius 2 is 2.00 bits per heavy atom. The molecule has 1 N–H and O–H groups in total. The van der Waals surface area contributed by atoms with Gasteiger partial charge in [0.25, 0.3) is 5.91 Å². The fourth-order valence-electron chi connectivity index (χ4n) is 2.83. The van der Waals surface area contributed by atoms with E-state index in [2.05, 4.69) is 21.2 Å². The Hall–Kier alpha value is -2.41. The summed E-state index contributed by atoms with van der Waals surface area (Å²) in [6, 6.07) is 11.0. The van der Waals surface area contributed by atoms with E-state index in [-0.39, 0.29) is 18.2 Å². The molecule has 25 heavy (non-hydrogen) atoms. The Morgan fingerprint density at radius 1 is 1.24 bits per heavy atom. The number of methoxy groups -OCH3 is 1. The van der Waals surface area contributed by atoms with Crippen molar-refractivity contribution in [2.24, 2.45) is 0 Å². The maximum absolute atomic E-state index is 13.8. The minimum absolute atomic E-state index is 0.0187. The van der Waals surface area contributed by atoms with Gasteiger partial charge in [-0.1, -0.05) is 34.1 Å². The summed E-state index contributed by atoms with van der Waals surface area (Å²) in [5, 5.41) is 2.73. The minimum atomic E-state index is -1.16. The quantitative estimate of drug-likeness (QED) is 0.789. The molecule has 0 aromatic heterocycles. The van der Waals surface area contributed by atoms with Crippen molar-refractivity contribution in [1.29, 1.82) is 0 Å². The van der Waals surface area contributed by atoms with Gasteiger partial charge < -0.3 is 10.1 Å². The Kier molecular flexibility index (Phi) is 4.51. The molecule has 1 unspecified atom stereocenters. The Morgan fingerprint density at radius 3 is 2.64 bits per heavy atom. The van der Waals surface area contributed by atoms with Crippen molar-refractivity contribution in [3.63, 3.8) is 0 Å². The molecule has 3 rings (SSSR count). The first-order valence-corrected chi connectivity index (χ1v) is 8.37. The van der Waals surface area contributed by atoms with E-state index in [9.17, 15) is 14.0 Å². The second kappa shape index (κ2) is 6.48. The number of amides is 3. The number of ether oxygens (including phenoxy) is 1. The van der Waals surface area contributed by atoms with E-state index in [1.165, 1.54) is 19.2 Å². The Labute approximate surface area is 152 Å². The molecule has 7 heteroatoms. The van der Waals surface area contributed by atoms with Gasteiger partial charge in [-0.2, -0.15) is 0 Å². The number of urea groups is 1. The highest BCUT2D eigenvalue weighted by Crippen LogP contribution is 2.31. The molecule has 2 aromatic rings. The lowest BCUT2D eigenvalue weighted by atomic mass is 9.92. The van der Waals surface area contributed by atoms with E-state index in [4.69, 9.17) is 4.74 Å². The summed E-state index contributed by atoms with van der Waals surface area (Å²) < 4.78 is 19.5. The van der Waals surface area contributed by atoms with Gasteiger partial charge in [0.05, 0.1) is 13.7 Å². The zero-order chi connectivity index (χ0) is 18.2. The van der Waals surface area contributed by atoms with Crippen LogP contribution in [-0.2, 0) is 16.9 Å². The fraction of sp³-hybridized carbons (Fsp3) is 0.222. The van der Waals surface area contributed by atoms with Crippen molar-refractivity contribution in [3.8, 4) is 5.75 Å². The van der Waals surface area contributed by atoms with Crippen molar-refractivity contribution in [2.75, 3.05) is 7.11 Å². The molecule has 2 aromatic carbocycles. The van der Waals surface area contributed by atoms with Crippen LogP contribution in [-0.4, -0.2) is 23.9 Å². The van der Waals surface area contributed by atoms with Crippen LogP contribution in [0.1, 0.15) is 18.1 Å². The lowest BCUT2D eigenvalue weighted by Gasteiger charge is -2.22. The summed E-state index contributed by atoms with van der Waals surface area (Å²) in [6.07, 6.45) is 0. The first-order valence-electron chi connectivity index (χ1n) is 7.57. The molecule has 1 aliphatic heterocycles. The van der Waals surface area contributed by atoms with Crippen molar-refractivity contribution in [1.82, 2.24) is 10.2 Å². The number of imide groups is 1. The van der Waals surface area contributed by atoms with Gasteiger partial charge in [0, 0.05) is 4.47 Å². The summed E-state index contributed by atoms with van der Waals surface area (Å²) in [5.74, 6) is -0.812. The molecule has 3 amide bonds. The number of nitrogens with one attached hydrogen (secondary N) is 1. The highest BCUT2D eigenvalue weighted by atomic mass is 79.9. The van der Waals surface area contributed by atoms with Gasteiger partial charge in [0.2, 0.25) is 0 Å². The number of hydrogen-bond acceptors (Lipinski definition) is 3. The lowest BCUT2D eigenvalue weighted by Crippen LogP contribution is -2.40. The average Bonchev–Trinajstić information content (AvgIpc) is 2.79.